The minimum atomic E-state index is -0.272. The molecule has 76 valence electrons. The molecule has 2 heteroatoms. The van der Waals surface area contributed by atoms with Crippen LogP contribution >= 0.6 is 0 Å². The van der Waals surface area contributed by atoms with Crippen molar-refractivity contribution < 1.29 is 9.53 Å². The molecule has 0 bridgehead atoms. The monoisotopic (exact) mass is 192 g/mol. The molecule has 0 amide bonds. The molecule has 0 aromatic heterocycles. The first-order chi connectivity index (χ1) is 6.66. The van der Waals surface area contributed by atoms with Gasteiger partial charge in [0.05, 0.1) is 0 Å². The van der Waals surface area contributed by atoms with Gasteiger partial charge in [-0.1, -0.05) is 6.92 Å². The summed E-state index contributed by atoms with van der Waals surface area (Å²) in [5, 5.41) is 0. The molecular weight excluding hydrogens is 176 g/mol. The summed E-state index contributed by atoms with van der Waals surface area (Å²) < 4.78 is 5.59. The summed E-state index contributed by atoms with van der Waals surface area (Å²) in [4.78, 5) is 11.2. The van der Waals surface area contributed by atoms with E-state index in [1.807, 2.05) is 6.08 Å². The fraction of sp³-hybridized carbons (Fsp3) is 0.583. The van der Waals surface area contributed by atoms with Gasteiger partial charge in [-0.25, -0.2) is 0 Å². The van der Waals surface area contributed by atoms with Crippen LogP contribution in [-0.4, -0.2) is 18.5 Å². The average molecular weight is 192 g/mol. The molecule has 2 aliphatic carbocycles. The van der Waals surface area contributed by atoms with E-state index in [9.17, 15) is 4.79 Å². The Kier molecular flexibility index (Phi) is 2.31. The molecule has 0 aromatic rings. The third-order valence-electron chi connectivity index (χ3n) is 3.30. The van der Waals surface area contributed by atoms with Gasteiger partial charge in [0.1, 0.15) is 5.60 Å². The van der Waals surface area contributed by atoms with Gasteiger partial charge >= 0.3 is 0 Å². The van der Waals surface area contributed by atoms with Gasteiger partial charge in [0, 0.05) is 7.11 Å². The smallest absolute Gasteiger partial charge is 0.178 e. The summed E-state index contributed by atoms with van der Waals surface area (Å²) in [6, 6.07) is 0. The molecule has 2 nitrogen and oxygen atoms in total. The zero-order valence-corrected chi connectivity index (χ0v) is 8.75. The molecule has 0 N–H and O–H groups in total. The van der Waals surface area contributed by atoms with E-state index in [2.05, 4.69) is 6.92 Å². The maximum atomic E-state index is 11.2. The number of hydrogen-bond acceptors (Lipinski definition) is 2. The van der Waals surface area contributed by atoms with E-state index >= 15 is 0 Å². The average Bonchev–Trinajstić information content (AvgIpc) is 2.19. The van der Waals surface area contributed by atoms with E-state index in [0.717, 1.165) is 24.8 Å². The summed E-state index contributed by atoms with van der Waals surface area (Å²) in [7, 11) is 1.73. The second-order valence-electron chi connectivity index (χ2n) is 4.35. The highest BCUT2D eigenvalue weighted by atomic mass is 16.5. The Balaban J connectivity index is 2.34. The number of ether oxygens (including phenoxy) is 1. The lowest BCUT2D eigenvalue weighted by atomic mass is 9.73. The molecular formula is C12H16O2. The van der Waals surface area contributed by atoms with Crippen LogP contribution < -0.4 is 0 Å². The van der Waals surface area contributed by atoms with Crippen LogP contribution in [0.25, 0.3) is 0 Å². The molecule has 1 fully saturated rings. The zero-order chi connectivity index (χ0) is 10.2. The standard InChI is InChI=1S/C12H16O2/c1-9-3-4-10-7-11(13)5-6-12(10,8-9)14-2/h5-7,9H,3-4,8H2,1-2H3. The van der Waals surface area contributed by atoms with Crippen LogP contribution in [0.2, 0.25) is 0 Å². The van der Waals surface area contributed by atoms with Gasteiger partial charge in [-0.2, -0.15) is 0 Å². The van der Waals surface area contributed by atoms with Crippen molar-refractivity contribution >= 4 is 5.78 Å². The predicted octanol–water partition coefficient (Wildman–Crippen LogP) is 2.26. The molecule has 14 heavy (non-hydrogen) atoms. The summed E-state index contributed by atoms with van der Waals surface area (Å²) in [5.74, 6) is 0.771. The first kappa shape index (κ1) is 9.66. The Hall–Kier alpha value is -0.890. The number of carbonyl (C=O) groups excluding carboxylic acids is 1. The molecule has 2 aliphatic rings. The van der Waals surface area contributed by atoms with Crippen LogP contribution in [-0.2, 0) is 9.53 Å². The van der Waals surface area contributed by atoms with Gasteiger partial charge in [-0.05, 0) is 49.0 Å². The number of carbonyl (C=O) groups is 1. The predicted molar refractivity (Wildman–Crippen MR) is 55.0 cm³/mol. The third kappa shape index (κ3) is 1.44. The van der Waals surface area contributed by atoms with Crippen molar-refractivity contribution in [2.75, 3.05) is 7.11 Å². The number of methoxy groups -OCH3 is 1. The minimum absolute atomic E-state index is 0.0993. The fourth-order valence-electron chi connectivity index (χ4n) is 2.45. The van der Waals surface area contributed by atoms with Gasteiger partial charge in [0.25, 0.3) is 0 Å². The Labute approximate surface area is 84.6 Å². The highest BCUT2D eigenvalue weighted by Gasteiger charge is 2.38. The normalized spacial score (nSPS) is 36.6. The second kappa shape index (κ2) is 3.35. The molecule has 0 spiro atoms. The van der Waals surface area contributed by atoms with Crippen LogP contribution in [0, 0.1) is 5.92 Å². The van der Waals surface area contributed by atoms with Crippen molar-refractivity contribution in [2.45, 2.75) is 31.8 Å². The highest BCUT2D eigenvalue weighted by molar-refractivity contribution is 6.01. The first-order valence-electron chi connectivity index (χ1n) is 5.16. The molecule has 0 radical (unpaired) electrons. The van der Waals surface area contributed by atoms with Crippen molar-refractivity contribution in [1.82, 2.24) is 0 Å². The number of ketones is 1. The lowest BCUT2D eigenvalue weighted by Gasteiger charge is -2.40. The van der Waals surface area contributed by atoms with Crippen molar-refractivity contribution in [3.05, 3.63) is 23.8 Å². The maximum Gasteiger partial charge on any atom is 0.178 e. The molecule has 1 saturated carbocycles. The number of hydrogen-bond donors (Lipinski definition) is 0. The van der Waals surface area contributed by atoms with Gasteiger partial charge in [-0.15, -0.1) is 0 Å². The van der Waals surface area contributed by atoms with Crippen LogP contribution in [0.15, 0.2) is 23.8 Å². The molecule has 0 aliphatic heterocycles. The van der Waals surface area contributed by atoms with E-state index in [-0.39, 0.29) is 11.4 Å². The summed E-state index contributed by atoms with van der Waals surface area (Å²) in [6.45, 7) is 2.24. The molecule has 0 saturated heterocycles. The SMILES string of the molecule is COC12C=CC(=O)C=C1CCC(C)C2. The van der Waals surface area contributed by atoms with Crippen LogP contribution in [0.5, 0.6) is 0 Å². The van der Waals surface area contributed by atoms with E-state index in [1.54, 1.807) is 19.3 Å². The van der Waals surface area contributed by atoms with Crippen molar-refractivity contribution in [3.63, 3.8) is 0 Å². The molecule has 0 heterocycles. The number of rotatable bonds is 1. The Morgan fingerprint density at radius 1 is 1.57 bits per heavy atom. The van der Waals surface area contributed by atoms with Crippen molar-refractivity contribution in [2.24, 2.45) is 5.92 Å². The molecule has 0 aromatic carbocycles. The minimum Gasteiger partial charge on any atom is -0.370 e. The van der Waals surface area contributed by atoms with E-state index in [4.69, 9.17) is 4.74 Å². The van der Waals surface area contributed by atoms with Gasteiger partial charge in [-0.3, -0.25) is 4.79 Å². The highest BCUT2D eigenvalue weighted by Crippen LogP contribution is 2.41. The Morgan fingerprint density at radius 2 is 2.36 bits per heavy atom. The first-order valence-corrected chi connectivity index (χ1v) is 5.16. The number of fused-ring (bicyclic) bond motifs is 1. The number of allylic oxidation sites excluding steroid dienone is 2. The lowest BCUT2D eigenvalue weighted by Crippen LogP contribution is -2.39. The summed E-state index contributed by atoms with van der Waals surface area (Å²) in [6.07, 6.45) is 8.46. The Bertz CT molecular complexity index is 314. The zero-order valence-electron chi connectivity index (χ0n) is 8.75. The van der Waals surface area contributed by atoms with Crippen molar-refractivity contribution in [1.29, 1.82) is 0 Å². The van der Waals surface area contributed by atoms with E-state index in [0.29, 0.717) is 5.92 Å². The van der Waals surface area contributed by atoms with Gasteiger partial charge < -0.3 is 4.74 Å². The maximum absolute atomic E-state index is 11.2. The third-order valence-corrected chi connectivity index (χ3v) is 3.30. The van der Waals surface area contributed by atoms with Crippen LogP contribution in [0.1, 0.15) is 26.2 Å². The second-order valence-corrected chi connectivity index (χ2v) is 4.35. The van der Waals surface area contributed by atoms with E-state index < -0.39 is 0 Å². The largest absolute Gasteiger partial charge is 0.370 e. The van der Waals surface area contributed by atoms with Crippen LogP contribution in [0.3, 0.4) is 0 Å². The molecule has 2 unspecified atom stereocenters. The topological polar surface area (TPSA) is 26.3 Å². The molecule has 2 atom stereocenters. The lowest BCUT2D eigenvalue weighted by molar-refractivity contribution is -0.111. The van der Waals surface area contributed by atoms with E-state index in [1.165, 1.54) is 0 Å². The quantitative estimate of drug-likeness (QED) is 0.637. The fourth-order valence-corrected chi connectivity index (χ4v) is 2.45. The summed E-state index contributed by atoms with van der Waals surface area (Å²) in [5.41, 5.74) is 0.886. The summed E-state index contributed by atoms with van der Waals surface area (Å²) >= 11 is 0. The van der Waals surface area contributed by atoms with Crippen molar-refractivity contribution in [3.8, 4) is 0 Å². The van der Waals surface area contributed by atoms with Gasteiger partial charge in [0.15, 0.2) is 5.78 Å². The Morgan fingerprint density at radius 3 is 3.07 bits per heavy atom. The molecule has 2 rings (SSSR count). The van der Waals surface area contributed by atoms with Gasteiger partial charge in [0.2, 0.25) is 0 Å². The van der Waals surface area contributed by atoms with Crippen LogP contribution in [0.4, 0.5) is 0 Å².